The van der Waals surface area contributed by atoms with E-state index < -0.39 is 0 Å². The van der Waals surface area contributed by atoms with Crippen LogP contribution in [0.25, 0.3) is 0 Å². The molecular formula is C8H14NOS+. The molecule has 0 radical (unpaired) electrons. The number of quaternary nitrogens is 1. The normalized spacial score (nSPS) is 13.3. The van der Waals surface area contributed by atoms with Crippen molar-refractivity contribution in [2.75, 3.05) is 13.6 Å². The van der Waals surface area contributed by atoms with Crippen LogP contribution in [0.5, 0.6) is 0 Å². The number of rotatable bonds is 4. The molecule has 0 saturated carbocycles. The molecule has 0 spiro atoms. The molecule has 3 N–H and O–H groups in total. The van der Waals surface area contributed by atoms with E-state index in [1.165, 1.54) is 0 Å². The van der Waals surface area contributed by atoms with Crippen molar-refractivity contribution in [3.05, 3.63) is 22.4 Å². The minimum absolute atomic E-state index is 0.258. The van der Waals surface area contributed by atoms with Crippen molar-refractivity contribution in [3.63, 3.8) is 0 Å². The summed E-state index contributed by atoms with van der Waals surface area (Å²) < 4.78 is 0. The number of aliphatic hydroxyl groups is 1. The van der Waals surface area contributed by atoms with E-state index in [1.54, 1.807) is 11.3 Å². The van der Waals surface area contributed by atoms with Crippen molar-refractivity contribution in [2.24, 2.45) is 0 Å². The zero-order valence-electron chi connectivity index (χ0n) is 6.66. The molecule has 0 unspecified atom stereocenters. The van der Waals surface area contributed by atoms with Gasteiger partial charge in [0.25, 0.3) is 0 Å². The van der Waals surface area contributed by atoms with Crippen molar-refractivity contribution >= 4 is 11.3 Å². The molecular weight excluding hydrogens is 158 g/mol. The zero-order chi connectivity index (χ0) is 8.10. The maximum Gasteiger partial charge on any atom is 0.0935 e. The van der Waals surface area contributed by atoms with E-state index in [1.807, 2.05) is 24.6 Å². The van der Waals surface area contributed by atoms with Crippen molar-refractivity contribution < 1.29 is 10.4 Å². The van der Waals surface area contributed by atoms with Gasteiger partial charge >= 0.3 is 0 Å². The molecule has 62 valence electrons. The van der Waals surface area contributed by atoms with Gasteiger partial charge in [0, 0.05) is 11.3 Å². The number of hydrogen-bond donors (Lipinski definition) is 2. The van der Waals surface area contributed by atoms with Crippen LogP contribution >= 0.6 is 11.3 Å². The molecule has 2 nitrogen and oxygen atoms in total. The van der Waals surface area contributed by atoms with E-state index in [2.05, 4.69) is 5.32 Å². The second-order valence-electron chi connectivity index (χ2n) is 2.52. The van der Waals surface area contributed by atoms with Crippen LogP contribution in [0.3, 0.4) is 0 Å². The molecule has 3 heteroatoms. The highest BCUT2D eigenvalue weighted by atomic mass is 32.1. The van der Waals surface area contributed by atoms with Crippen molar-refractivity contribution in [2.45, 2.75) is 12.5 Å². The lowest BCUT2D eigenvalue weighted by molar-refractivity contribution is -0.628. The largest absolute Gasteiger partial charge is 0.387 e. The van der Waals surface area contributed by atoms with Gasteiger partial charge in [0.05, 0.1) is 19.7 Å². The molecule has 11 heavy (non-hydrogen) atoms. The molecule has 1 rings (SSSR count). The predicted molar refractivity (Wildman–Crippen MR) is 46.6 cm³/mol. The van der Waals surface area contributed by atoms with Crippen LogP contribution in [-0.4, -0.2) is 18.7 Å². The first-order valence-corrected chi connectivity index (χ1v) is 4.72. The van der Waals surface area contributed by atoms with E-state index in [0.717, 1.165) is 17.8 Å². The molecule has 0 saturated heterocycles. The molecule has 0 aromatic carbocycles. The van der Waals surface area contributed by atoms with Crippen LogP contribution in [0, 0.1) is 0 Å². The topological polar surface area (TPSA) is 36.8 Å². The predicted octanol–water partition coefficient (Wildman–Crippen LogP) is 0.365. The van der Waals surface area contributed by atoms with E-state index in [9.17, 15) is 5.11 Å². The van der Waals surface area contributed by atoms with Gasteiger partial charge in [-0.1, -0.05) is 6.07 Å². The Morgan fingerprint density at radius 2 is 2.55 bits per heavy atom. The standard InChI is InChI=1S/C8H13NOS/c1-9-5-4-7(10)8-3-2-6-11-8/h2-3,6-7,9-10H,4-5H2,1H3/p+1/t7-/m0/s1. The quantitative estimate of drug-likeness (QED) is 0.676. The third-order valence-corrected chi connectivity index (χ3v) is 2.57. The van der Waals surface area contributed by atoms with Crippen molar-refractivity contribution in [3.8, 4) is 0 Å². The summed E-state index contributed by atoms with van der Waals surface area (Å²) in [6.07, 6.45) is 0.586. The van der Waals surface area contributed by atoms with Gasteiger partial charge in [-0.15, -0.1) is 11.3 Å². The number of nitrogens with two attached hydrogens (primary N) is 1. The average Bonchev–Trinajstić information content (AvgIpc) is 2.52. The van der Waals surface area contributed by atoms with Crippen LogP contribution in [0.1, 0.15) is 17.4 Å². The van der Waals surface area contributed by atoms with Gasteiger partial charge in [-0.05, 0) is 11.4 Å². The van der Waals surface area contributed by atoms with E-state index in [4.69, 9.17) is 0 Å². The first-order chi connectivity index (χ1) is 5.34. The van der Waals surface area contributed by atoms with E-state index in [-0.39, 0.29) is 6.10 Å². The lowest BCUT2D eigenvalue weighted by Crippen LogP contribution is -2.79. The summed E-state index contributed by atoms with van der Waals surface area (Å²) >= 11 is 1.62. The second-order valence-corrected chi connectivity index (χ2v) is 3.50. The fourth-order valence-electron chi connectivity index (χ4n) is 0.948. The molecule has 0 aliphatic heterocycles. The van der Waals surface area contributed by atoms with Gasteiger partial charge in [0.1, 0.15) is 0 Å². The maximum atomic E-state index is 9.53. The van der Waals surface area contributed by atoms with Gasteiger partial charge in [-0.2, -0.15) is 0 Å². The lowest BCUT2D eigenvalue weighted by atomic mass is 10.2. The molecule has 1 aromatic rings. The summed E-state index contributed by atoms with van der Waals surface area (Å²) in [7, 11) is 2.02. The van der Waals surface area contributed by atoms with Crippen molar-refractivity contribution in [1.29, 1.82) is 0 Å². The van der Waals surface area contributed by atoms with Gasteiger partial charge < -0.3 is 10.4 Å². The lowest BCUT2D eigenvalue weighted by Gasteiger charge is -2.04. The minimum atomic E-state index is -0.258. The summed E-state index contributed by atoms with van der Waals surface area (Å²) in [6, 6.07) is 3.95. The summed E-state index contributed by atoms with van der Waals surface area (Å²) in [5.74, 6) is 0. The second kappa shape index (κ2) is 4.49. The fourth-order valence-corrected chi connectivity index (χ4v) is 1.69. The summed E-state index contributed by atoms with van der Waals surface area (Å²) in [6.45, 7) is 0.985. The number of aliphatic hydroxyl groups excluding tert-OH is 1. The average molecular weight is 172 g/mol. The molecule has 1 heterocycles. The van der Waals surface area contributed by atoms with E-state index >= 15 is 0 Å². The molecule has 0 aliphatic rings. The van der Waals surface area contributed by atoms with E-state index in [0.29, 0.717) is 0 Å². The highest BCUT2D eigenvalue weighted by Gasteiger charge is 2.07. The Morgan fingerprint density at radius 1 is 1.73 bits per heavy atom. The highest BCUT2D eigenvalue weighted by molar-refractivity contribution is 7.10. The first-order valence-electron chi connectivity index (χ1n) is 3.84. The maximum absolute atomic E-state index is 9.53. The summed E-state index contributed by atoms with van der Waals surface area (Å²) in [5.41, 5.74) is 0. The Morgan fingerprint density at radius 3 is 3.09 bits per heavy atom. The smallest absolute Gasteiger partial charge is 0.0935 e. The minimum Gasteiger partial charge on any atom is -0.387 e. The first kappa shape index (κ1) is 8.71. The highest BCUT2D eigenvalue weighted by Crippen LogP contribution is 2.20. The molecule has 1 aromatic heterocycles. The van der Waals surface area contributed by atoms with Crippen LogP contribution < -0.4 is 5.32 Å². The van der Waals surface area contributed by atoms with Crippen LogP contribution in [-0.2, 0) is 0 Å². The number of hydrogen-bond acceptors (Lipinski definition) is 2. The van der Waals surface area contributed by atoms with Gasteiger partial charge in [0.2, 0.25) is 0 Å². The van der Waals surface area contributed by atoms with Crippen molar-refractivity contribution in [1.82, 2.24) is 0 Å². The third kappa shape index (κ3) is 2.61. The van der Waals surface area contributed by atoms with Crippen LogP contribution in [0.2, 0.25) is 0 Å². The SMILES string of the molecule is C[NH2+]CC[C@H](O)c1cccs1. The van der Waals surface area contributed by atoms with Crippen LogP contribution in [0.4, 0.5) is 0 Å². The Hall–Kier alpha value is -0.380. The van der Waals surface area contributed by atoms with Gasteiger partial charge in [-0.25, -0.2) is 0 Å². The Labute approximate surface area is 70.9 Å². The molecule has 0 bridgehead atoms. The fraction of sp³-hybridized carbons (Fsp3) is 0.500. The van der Waals surface area contributed by atoms with Crippen LogP contribution in [0.15, 0.2) is 17.5 Å². The Bertz CT molecular complexity index is 186. The number of thiophene rings is 1. The molecule has 1 atom stereocenters. The third-order valence-electron chi connectivity index (χ3n) is 1.60. The monoisotopic (exact) mass is 172 g/mol. The van der Waals surface area contributed by atoms with Gasteiger partial charge in [0.15, 0.2) is 0 Å². The molecule has 0 aliphatic carbocycles. The summed E-state index contributed by atoms with van der Waals surface area (Å²) in [5, 5.41) is 13.6. The summed E-state index contributed by atoms with van der Waals surface area (Å²) in [4.78, 5) is 1.08. The Balaban J connectivity index is 2.36. The zero-order valence-corrected chi connectivity index (χ0v) is 7.47. The molecule has 0 fully saturated rings. The molecule has 0 amide bonds. The van der Waals surface area contributed by atoms with Gasteiger partial charge in [-0.3, -0.25) is 0 Å². The Kier molecular flexibility index (Phi) is 3.56.